The fraction of sp³-hybridized carbons (Fsp3) is 0.128. The molecule has 0 aliphatic heterocycles. The molecule has 1 aromatic heterocycles. The van der Waals surface area contributed by atoms with Crippen LogP contribution in [-0.2, 0) is 21.7 Å². The second kappa shape index (κ2) is 16.6. The molecule has 16 rings (SSSR count). The Labute approximate surface area is 469 Å². The van der Waals surface area contributed by atoms with Crippen LogP contribution in [0.15, 0.2) is 243 Å². The van der Waals surface area contributed by atoms with Crippen LogP contribution >= 0.6 is 0 Å². The van der Waals surface area contributed by atoms with Crippen LogP contribution in [0.3, 0.4) is 0 Å². The first kappa shape index (κ1) is 46.8. The summed E-state index contributed by atoms with van der Waals surface area (Å²) in [5.74, 6) is 0. The maximum atomic E-state index is 5.78. The van der Waals surface area contributed by atoms with Crippen molar-refractivity contribution in [3.8, 4) is 89.3 Å². The molecule has 0 fully saturated rings. The van der Waals surface area contributed by atoms with Crippen LogP contribution in [0.1, 0.15) is 97.2 Å². The molecule has 2 nitrogen and oxygen atoms in total. The highest BCUT2D eigenvalue weighted by Gasteiger charge is 2.53. The van der Waals surface area contributed by atoms with Gasteiger partial charge in [-0.3, -0.25) is 0 Å². The molecular weight excluding hydrogens is 965 g/mol. The van der Waals surface area contributed by atoms with Crippen LogP contribution in [0.5, 0.6) is 0 Å². The molecule has 0 radical (unpaired) electrons. The Kier molecular flexibility index (Phi) is 9.74. The molecule has 4 aliphatic carbocycles. The molecule has 0 N–H and O–H groups in total. The number of nitrogens with zero attached hydrogens (tertiary/aromatic N) is 2. The summed E-state index contributed by atoms with van der Waals surface area (Å²) >= 11 is 0. The van der Waals surface area contributed by atoms with Gasteiger partial charge in [0.25, 0.3) is 0 Å². The highest BCUT2D eigenvalue weighted by atomic mass is 14.8. The summed E-state index contributed by atoms with van der Waals surface area (Å²) < 4.78 is 0. The molecule has 11 aromatic carbocycles. The number of benzene rings is 11. The number of fused-ring (bicyclic) bond motifs is 21. The quantitative estimate of drug-likeness (QED) is 0.176. The Hall–Kier alpha value is -9.24. The van der Waals surface area contributed by atoms with E-state index < -0.39 is 10.8 Å². The standard InChI is InChI=1S/C78H58N2/c1-75(2,3)67-43-44-68(76(4,5)6)74-73(67)79-71(49-35-31-47(32-36-49)51-39-41-59-57-23-11-17-29-65(57)77(69(59)45-51)61-25-13-7-19-53(61)54-20-8-14-26-62(54)77)72(80-74)50-37-33-48(34-38-50)52-40-42-60-58-24-12-18-30-66(58)78(70(60)46-52)63-27-15-9-21-55(63)56-22-10-16-28-64(56)78/h7-46H,1-6H3. The molecule has 12 aromatic rings. The van der Waals surface area contributed by atoms with E-state index in [1.54, 1.807) is 0 Å². The first-order chi connectivity index (χ1) is 38.9. The van der Waals surface area contributed by atoms with Crippen molar-refractivity contribution in [2.24, 2.45) is 0 Å². The van der Waals surface area contributed by atoms with Gasteiger partial charge in [-0.2, -0.15) is 0 Å². The van der Waals surface area contributed by atoms with Crippen molar-refractivity contribution in [3.05, 3.63) is 298 Å². The predicted octanol–water partition coefficient (Wildman–Crippen LogP) is 19.6. The minimum absolute atomic E-state index is 0.156. The zero-order valence-electron chi connectivity index (χ0n) is 46.0. The van der Waals surface area contributed by atoms with E-state index in [4.69, 9.17) is 9.97 Å². The topological polar surface area (TPSA) is 25.8 Å². The summed E-state index contributed by atoms with van der Waals surface area (Å²) in [6, 6.07) is 91.4. The van der Waals surface area contributed by atoms with Crippen LogP contribution in [0, 0.1) is 0 Å². The van der Waals surface area contributed by atoms with Gasteiger partial charge in [0, 0.05) is 11.1 Å². The molecule has 1 heterocycles. The van der Waals surface area contributed by atoms with Gasteiger partial charge in [-0.1, -0.05) is 272 Å². The second-order valence-electron chi connectivity index (χ2n) is 24.7. The molecule has 0 bridgehead atoms. The average molecular weight is 1020 g/mol. The Balaban J connectivity index is 0.832. The highest BCUT2D eigenvalue weighted by Crippen LogP contribution is 2.65. The third kappa shape index (κ3) is 6.31. The smallest absolute Gasteiger partial charge is 0.0973 e. The summed E-state index contributed by atoms with van der Waals surface area (Å²) in [6.45, 7) is 13.7. The molecular formula is C78H58N2. The molecule has 0 atom stereocenters. The van der Waals surface area contributed by atoms with Crippen molar-refractivity contribution in [3.63, 3.8) is 0 Å². The zero-order chi connectivity index (χ0) is 53.9. The van der Waals surface area contributed by atoms with Crippen LogP contribution in [0.4, 0.5) is 0 Å². The number of hydrogen-bond acceptors (Lipinski definition) is 2. The van der Waals surface area contributed by atoms with Gasteiger partial charge in [-0.25, -0.2) is 9.97 Å². The summed E-state index contributed by atoms with van der Waals surface area (Å²) in [5, 5.41) is 0. The van der Waals surface area contributed by atoms with E-state index in [1.165, 1.54) is 111 Å². The van der Waals surface area contributed by atoms with E-state index in [-0.39, 0.29) is 10.8 Å². The van der Waals surface area contributed by atoms with Gasteiger partial charge < -0.3 is 0 Å². The van der Waals surface area contributed by atoms with Gasteiger partial charge in [0.15, 0.2) is 0 Å². The van der Waals surface area contributed by atoms with E-state index in [0.29, 0.717) is 0 Å². The van der Waals surface area contributed by atoms with Gasteiger partial charge in [-0.05, 0) is 145 Å². The SMILES string of the molecule is CC(C)(C)c1ccc(C(C)(C)C)c2nc(-c3ccc(-c4ccc5c(c4)C4(c6ccccc6-c6ccccc64)c4ccccc4-5)cc3)c(-c3ccc(-c4ccc5c(c4)C4(c6ccccc6-c6ccccc64)c4ccccc4-5)cc3)nc12. The minimum Gasteiger partial charge on any atom is -0.244 e. The molecule has 2 spiro atoms. The van der Waals surface area contributed by atoms with Crippen LogP contribution in [-0.4, -0.2) is 9.97 Å². The van der Waals surface area contributed by atoms with Crippen molar-refractivity contribution in [2.75, 3.05) is 0 Å². The Morgan fingerprint density at radius 3 is 0.750 bits per heavy atom. The fourth-order valence-corrected chi connectivity index (χ4v) is 14.9. The molecule has 80 heavy (non-hydrogen) atoms. The molecule has 0 amide bonds. The first-order valence-electron chi connectivity index (χ1n) is 28.4. The largest absolute Gasteiger partial charge is 0.244 e. The zero-order valence-corrected chi connectivity index (χ0v) is 46.0. The van der Waals surface area contributed by atoms with E-state index in [0.717, 1.165) is 44.7 Å². The third-order valence-electron chi connectivity index (χ3n) is 18.4. The van der Waals surface area contributed by atoms with E-state index in [2.05, 4.69) is 284 Å². The maximum Gasteiger partial charge on any atom is 0.0973 e. The minimum atomic E-state index is -0.403. The van der Waals surface area contributed by atoms with Crippen molar-refractivity contribution < 1.29 is 0 Å². The maximum absolute atomic E-state index is 5.78. The normalized spacial score (nSPS) is 14.3. The molecule has 380 valence electrons. The van der Waals surface area contributed by atoms with Crippen molar-refractivity contribution in [1.29, 1.82) is 0 Å². The molecule has 2 heteroatoms. The van der Waals surface area contributed by atoms with Gasteiger partial charge in [0.2, 0.25) is 0 Å². The Morgan fingerprint density at radius 2 is 0.475 bits per heavy atom. The molecule has 0 saturated heterocycles. The average Bonchev–Trinajstić information content (AvgIpc) is 4.35. The van der Waals surface area contributed by atoms with Gasteiger partial charge in [-0.15, -0.1) is 0 Å². The highest BCUT2D eigenvalue weighted by molar-refractivity contribution is 5.99. The third-order valence-corrected chi connectivity index (χ3v) is 18.4. The monoisotopic (exact) mass is 1020 g/mol. The molecule has 4 aliphatic rings. The lowest BCUT2D eigenvalue weighted by molar-refractivity contribution is 0.583. The first-order valence-corrected chi connectivity index (χ1v) is 28.4. The van der Waals surface area contributed by atoms with Crippen molar-refractivity contribution >= 4 is 11.0 Å². The van der Waals surface area contributed by atoms with E-state index >= 15 is 0 Å². The van der Waals surface area contributed by atoms with Gasteiger partial charge in [0.05, 0.1) is 33.3 Å². The number of aromatic nitrogens is 2. The van der Waals surface area contributed by atoms with E-state index in [9.17, 15) is 0 Å². The van der Waals surface area contributed by atoms with Crippen molar-refractivity contribution in [2.45, 2.75) is 63.2 Å². The molecule has 0 saturated carbocycles. The number of rotatable bonds is 4. The molecule has 0 unspecified atom stereocenters. The Bertz CT molecular complexity index is 4180. The van der Waals surface area contributed by atoms with Crippen molar-refractivity contribution in [1.82, 2.24) is 9.97 Å². The van der Waals surface area contributed by atoms with Crippen LogP contribution < -0.4 is 0 Å². The number of hydrogen-bond donors (Lipinski definition) is 0. The lowest BCUT2D eigenvalue weighted by Crippen LogP contribution is -2.25. The van der Waals surface area contributed by atoms with Crippen LogP contribution in [0.2, 0.25) is 0 Å². The van der Waals surface area contributed by atoms with E-state index in [1.807, 2.05) is 0 Å². The fourth-order valence-electron chi connectivity index (χ4n) is 14.9. The predicted molar refractivity (Wildman–Crippen MR) is 331 cm³/mol. The lowest BCUT2D eigenvalue weighted by atomic mass is 9.70. The van der Waals surface area contributed by atoms with Gasteiger partial charge >= 0.3 is 0 Å². The second-order valence-corrected chi connectivity index (χ2v) is 24.7. The van der Waals surface area contributed by atoms with Gasteiger partial charge in [0.1, 0.15) is 0 Å². The summed E-state index contributed by atoms with van der Waals surface area (Å²) in [7, 11) is 0. The summed E-state index contributed by atoms with van der Waals surface area (Å²) in [5.41, 5.74) is 33.0. The lowest BCUT2D eigenvalue weighted by Gasteiger charge is -2.30. The Morgan fingerprint density at radius 1 is 0.237 bits per heavy atom. The summed E-state index contributed by atoms with van der Waals surface area (Å²) in [4.78, 5) is 11.6. The summed E-state index contributed by atoms with van der Waals surface area (Å²) in [6.07, 6.45) is 0. The van der Waals surface area contributed by atoms with Crippen LogP contribution in [0.25, 0.3) is 100 Å².